The molecule has 1 aromatic rings. The second-order valence-electron chi connectivity index (χ2n) is 7.10. The Morgan fingerprint density at radius 1 is 1.19 bits per heavy atom. The minimum atomic E-state index is -0.0908. The largest absolute Gasteiger partial charge is 0.352 e. The zero-order chi connectivity index (χ0) is 18.2. The first kappa shape index (κ1) is 25.7. The van der Waals surface area contributed by atoms with Crippen LogP contribution < -0.4 is 16.4 Å². The molecule has 6 nitrogen and oxygen atoms in total. The van der Waals surface area contributed by atoms with Crippen LogP contribution in [0, 0.1) is 5.92 Å². The number of benzene rings is 1. The van der Waals surface area contributed by atoms with E-state index in [1.807, 2.05) is 37.2 Å². The van der Waals surface area contributed by atoms with E-state index in [4.69, 9.17) is 5.73 Å². The summed E-state index contributed by atoms with van der Waals surface area (Å²) in [6, 6.07) is 7.52. The van der Waals surface area contributed by atoms with Crippen molar-refractivity contribution in [3.05, 3.63) is 35.4 Å². The number of hydrogen-bond acceptors (Lipinski definition) is 4. The van der Waals surface area contributed by atoms with Crippen molar-refractivity contribution in [3.63, 3.8) is 0 Å². The summed E-state index contributed by atoms with van der Waals surface area (Å²) >= 11 is 0. The van der Waals surface area contributed by atoms with Crippen molar-refractivity contribution >= 4 is 36.6 Å². The Labute approximate surface area is 174 Å². The topological polar surface area (TPSA) is 87.5 Å². The van der Waals surface area contributed by atoms with Gasteiger partial charge in [0.2, 0.25) is 5.91 Å². The van der Waals surface area contributed by atoms with Gasteiger partial charge >= 0.3 is 0 Å². The number of hydrogen-bond donors (Lipinski definition) is 3. The van der Waals surface area contributed by atoms with Gasteiger partial charge in [0, 0.05) is 37.7 Å². The van der Waals surface area contributed by atoms with Gasteiger partial charge in [0.05, 0.1) is 0 Å². The summed E-state index contributed by atoms with van der Waals surface area (Å²) in [5.74, 6) is 0.240. The Morgan fingerprint density at radius 3 is 2.56 bits per heavy atom. The summed E-state index contributed by atoms with van der Waals surface area (Å²) in [5, 5.41) is 5.83. The molecule has 2 amide bonds. The first-order valence-corrected chi connectivity index (χ1v) is 9.00. The fraction of sp³-hybridized carbons (Fsp3) is 0.579. The molecular formula is C19H32Cl2N4O2. The molecule has 1 aliphatic carbocycles. The summed E-state index contributed by atoms with van der Waals surface area (Å²) < 4.78 is 0. The van der Waals surface area contributed by atoms with Gasteiger partial charge in [-0.05, 0) is 50.6 Å². The average molecular weight is 419 g/mol. The van der Waals surface area contributed by atoms with E-state index in [2.05, 4.69) is 10.6 Å². The van der Waals surface area contributed by atoms with Crippen LogP contribution in [0.25, 0.3) is 0 Å². The summed E-state index contributed by atoms with van der Waals surface area (Å²) in [6.07, 6.45) is 3.66. The van der Waals surface area contributed by atoms with Crippen LogP contribution in [0.2, 0.25) is 0 Å². The lowest BCUT2D eigenvalue weighted by molar-refractivity contribution is -0.122. The van der Waals surface area contributed by atoms with Crippen LogP contribution in [-0.2, 0) is 11.3 Å². The lowest BCUT2D eigenvalue weighted by atomic mass is 10.00. The van der Waals surface area contributed by atoms with Gasteiger partial charge in [-0.2, -0.15) is 0 Å². The van der Waals surface area contributed by atoms with Crippen LogP contribution in [0.4, 0.5) is 0 Å². The van der Waals surface area contributed by atoms with Gasteiger partial charge in [0.1, 0.15) is 0 Å². The highest BCUT2D eigenvalue weighted by atomic mass is 35.5. The number of nitrogens with zero attached hydrogens (tertiary/aromatic N) is 1. The molecule has 0 aliphatic heterocycles. The number of carbonyl (C=O) groups excluding carboxylic acids is 2. The van der Waals surface area contributed by atoms with Crippen molar-refractivity contribution in [3.8, 4) is 0 Å². The maximum Gasteiger partial charge on any atom is 0.251 e. The zero-order valence-corrected chi connectivity index (χ0v) is 17.7. The molecule has 154 valence electrons. The number of nitrogens with two attached hydrogens (primary N) is 1. The Hall–Kier alpha value is -1.34. The van der Waals surface area contributed by atoms with Gasteiger partial charge in [-0.1, -0.05) is 18.6 Å². The highest BCUT2D eigenvalue weighted by Crippen LogP contribution is 2.26. The number of carbonyl (C=O) groups is 2. The molecule has 0 bridgehead atoms. The first-order valence-electron chi connectivity index (χ1n) is 9.00. The number of likely N-dealkylation sites (N-methyl/N-ethyl adjacent to an activating group) is 1. The molecule has 27 heavy (non-hydrogen) atoms. The number of amides is 2. The summed E-state index contributed by atoms with van der Waals surface area (Å²) in [6.45, 7) is 1.83. The molecule has 0 saturated heterocycles. The molecule has 0 radical (unpaired) electrons. The molecule has 0 heterocycles. The molecule has 1 saturated carbocycles. The van der Waals surface area contributed by atoms with E-state index in [-0.39, 0.29) is 42.7 Å². The average Bonchev–Trinajstić information content (AvgIpc) is 2.97. The minimum Gasteiger partial charge on any atom is -0.352 e. The van der Waals surface area contributed by atoms with Crippen LogP contribution in [0.5, 0.6) is 0 Å². The van der Waals surface area contributed by atoms with E-state index in [0.717, 1.165) is 31.4 Å². The molecule has 1 aliphatic rings. The molecule has 0 unspecified atom stereocenters. The van der Waals surface area contributed by atoms with Gasteiger partial charge in [-0.25, -0.2) is 0 Å². The zero-order valence-electron chi connectivity index (χ0n) is 16.1. The normalized spacial score (nSPS) is 18.4. The second kappa shape index (κ2) is 12.9. The minimum absolute atomic E-state index is 0. The molecule has 1 aromatic carbocycles. The van der Waals surface area contributed by atoms with Crippen molar-refractivity contribution in [2.45, 2.75) is 38.3 Å². The third kappa shape index (κ3) is 8.93. The van der Waals surface area contributed by atoms with Gasteiger partial charge in [0.25, 0.3) is 5.91 Å². The summed E-state index contributed by atoms with van der Waals surface area (Å²) in [7, 11) is 3.93. The van der Waals surface area contributed by atoms with Crippen molar-refractivity contribution in [1.29, 1.82) is 0 Å². The van der Waals surface area contributed by atoms with E-state index < -0.39 is 0 Å². The third-order valence-corrected chi connectivity index (χ3v) is 4.69. The van der Waals surface area contributed by atoms with Crippen molar-refractivity contribution in [1.82, 2.24) is 15.5 Å². The van der Waals surface area contributed by atoms with Crippen LogP contribution in [0.15, 0.2) is 24.3 Å². The van der Waals surface area contributed by atoms with Gasteiger partial charge in [-0.3, -0.25) is 9.59 Å². The van der Waals surface area contributed by atoms with Crippen molar-refractivity contribution < 1.29 is 9.59 Å². The number of rotatable bonds is 8. The fourth-order valence-corrected chi connectivity index (χ4v) is 3.15. The summed E-state index contributed by atoms with van der Waals surface area (Å²) in [4.78, 5) is 26.3. The predicted octanol–water partition coefficient (Wildman–Crippen LogP) is 1.96. The summed E-state index contributed by atoms with van der Waals surface area (Å²) in [5.41, 5.74) is 7.55. The first-order chi connectivity index (χ1) is 12.0. The van der Waals surface area contributed by atoms with Gasteiger partial charge in [-0.15, -0.1) is 24.8 Å². The van der Waals surface area contributed by atoms with Gasteiger partial charge in [0.15, 0.2) is 0 Å². The molecule has 2 atom stereocenters. The van der Waals surface area contributed by atoms with Crippen molar-refractivity contribution in [2.24, 2.45) is 11.7 Å². The number of nitrogens with one attached hydrogen (secondary N) is 2. The molecule has 0 aromatic heterocycles. The van der Waals surface area contributed by atoms with E-state index in [9.17, 15) is 9.59 Å². The molecule has 0 spiro atoms. The smallest absolute Gasteiger partial charge is 0.251 e. The molecular weight excluding hydrogens is 387 g/mol. The second-order valence-corrected chi connectivity index (χ2v) is 7.10. The third-order valence-electron chi connectivity index (χ3n) is 4.69. The monoisotopic (exact) mass is 418 g/mol. The Morgan fingerprint density at radius 2 is 1.93 bits per heavy atom. The lowest BCUT2D eigenvalue weighted by Gasteiger charge is -2.15. The molecule has 1 fully saturated rings. The highest BCUT2D eigenvalue weighted by Gasteiger charge is 2.25. The van der Waals surface area contributed by atoms with Crippen LogP contribution in [0.1, 0.15) is 41.6 Å². The van der Waals surface area contributed by atoms with E-state index >= 15 is 0 Å². The molecule has 8 heteroatoms. The van der Waals surface area contributed by atoms with E-state index in [1.165, 1.54) is 0 Å². The van der Waals surface area contributed by atoms with Crippen molar-refractivity contribution in [2.75, 3.05) is 27.2 Å². The van der Waals surface area contributed by atoms with Gasteiger partial charge < -0.3 is 21.3 Å². The highest BCUT2D eigenvalue weighted by molar-refractivity contribution is 5.94. The van der Waals surface area contributed by atoms with E-state index in [0.29, 0.717) is 31.0 Å². The number of halogens is 2. The maximum absolute atomic E-state index is 12.2. The Kier molecular flexibility index (Phi) is 12.3. The lowest BCUT2D eigenvalue weighted by Crippen LogP contribution is -2.32. The van der Waals surface area contributed by atoms with Crippen LogP contribution in [-0.4, -0.2) is 49.9 Å². The predicted molar refractivity (Wildman–Crippen MR) is 114 cm³/mol. The standard InChI is InChI=1S/C19H30N4O2.2ClH/c1-23(2)10-9-21-19(25)16-7-3-5-14(11-16)13-22-18(24)12-15-6-4-8-17(15)20;;/h3,5,7,11,15,17H,4,6,8-10,12-13,20H2,1-2H3,(H,21,25)(H,22,24);2*1H/t15-,17+;;/m0../s1. The molecule has 2 rings (SSSR count). The van der Waals surface area contributed by atoms with Crippen LogP contribution >= 0.6 is 24.8 Å². The Bertz CT molecular complexity index is 599. The fourth-order valence-electron chi connectivity index (χ4n) is 3.15. The SMILES string of the molecule is CN(C)CCNC(=O)c1cccc(CNC(=O)C[C@@H]2CCC[C@H]2N)c1.Cl.Cl. The molecule has 4 N–H and O–H groups in total. The maximum atomic E-state index is 12.2. The quantitative estimate of drug-likeness (QED) is 0.601. The Balaban J connectivity index is 0.00000338. The van der Waals surface area contributed by atoms with Crippen LogP contribution in [0.3, 0.4) is 0 Å². The van der Waals surface area contributed by atoms with E-state index in [1.54, 1.807) is 6.07 Å².